The molecule has 146 valence electrons. The van der Waals surface area contributed by atoms with Crippen molar-refractivity contribution in [2.24, 2.45) is 21.7 Å². The van der Waals surface area contributed by atoms with E-state index in [2.05, 4.69) is 37.8 Å². The highest BCUT2D eigenvalue weighted by molar-refractivity contribution is 5.77. The molecule has 2 aliphatic carbocycles. The van der Waals surface area contributed by atoms with E-state index in [-0.39, 0.29) is 11.5 Å². The van der Waals surface area contributed by atoms with Gasteiger partial charge in [0.25, 0.3) is 6.02 Å². The second kappa shape index (κ2) is 5.55. The van der Waals surface area contributed by atoms with Crippen molar-refractivity contribution in [2.45, 2.75) is 58.7 Å². The molecule has 1 aromatic rings. The third kappa shape index (κ3) is 2.14. The highest BCUT2D eigenvalue weighted by Gasteiger charge is 2.69. The smallest absolute Gasteiger partial charge is 0.288 e. The first kappa shape index (κ1) is 17.2. The Hall–Kier alpha value is -1.91. The largest absolute Gasteiger partial charge is 0.493 e. The van der Waals surface area contributed by atoms with Crippen LogP contribution in [0.5, 0.6) is 11.5 Å². The van der Waals surface area contributed by atoms with Gasteiger partial charge in [-0.25, -0.2) is 4.99 Å². The van der Waals surface area contributed by atoms with Crippen molar-refractivity contribution in [3.05, 3.63) is 23.3 Å². The van der Waals surface area contributed by atoms with Crippen LogP contribution in [0.2, 0.25) is 0 Å². The molecule has 0 radical (unpaired) electrons. The normalized spacial score (nSPS) is 35.4. The lowest BCUT2D eigenvalue weighted by molar-refractivity contribution is 0.0178. The number of benzene rings is 1. The molecule has 0 aromatic heterocycles. The van der Waals surface area contributed by atoms with E-state index < -0.39 is 0 Å². The maximum Gasteiger partial charge on any atom is 0.288 e. The van der Waals surface area contributed by atoms with Crippen LogP contribution in [-0.4, -0.2) is 43.8 Å². The van der Waals surface area contributed by atoms with Crippen LogP contribution in [0, 0.1) is 16.7 Å². The third-order valence-corrected chi connectivity index (χ3v) is 8.20. The summed E-state index contributed by atoms with van der Waals surface area (Å²) in [6.45, 7) is 9.00. The van der Waals surface area contributed by atoms with Crippen molar-refractivity contribution in [1.82, 2.24) is 4.90 Å². The van der Waals surface area contributed by atoms with Crippen LogP contribution in [0.3, 0.4) is 0 Å². The number of fused-ring (bicyclic) bond motifs is 6. The third-order valence-electron chi connectivity index (χ3n) is 8.20. The van der Waals surface area contributed by atoms with E-state index in [1.165, 1.54) is 24.0 Å². The molecule has 0 amide bonds. The summed E-state index contributed by atoms with van der Waals surface area (Å²) in [5, 5.41) is 0. The molecule has 1 aromatic carbocycles. The lowest BCUT2D eigenvalue weighted by Crippen LogP contribution is -2.42. The minimum absolute atomic E-state index is 0.234. The zero-order valence-electron chi connectivity index (χ0n) is 17.0. The molecule has 0 unspecified atom stereocenters. The van der Waals surface area contributed by atoms with E-state index in [0.717, 1.165) is 37.0 Å². The van der Waals surface area contributed by atoms with Crippen LogP contribution in [0.25, 0.3) is 0 Å². The van der Waals surface area contributed by atoms with E-state index in [1.54, 1.807) is 14.2 Å². The molecule has 2 aliphatic heterocycles. The number of rotatable bonds is 2. The Morgan fingerprint density at radius 2 is 1.81 bits per heavy atom. The predicted molar refractivity (Wildman–Crippen MR) is 104 cm³/mol. The van der Waals surface area contributed by atoms with E-state index >= 15 is 0 Å². The lowest BCUT2D eigenvalue weighted by atomic mass is 9.70. The molecule has 5 nitrogen and oxygen atoms in total. The summed E-state index contributed by atoms with van der Waals surface area (Å²) in [6.07, 6.45) is 3.76. The maximum atomic E-state index is 6.53. The van der Waals surface area contributed by atoms with E-state index in [0.29, 0.717) is 17.4 Å². The molecule has 2 fully saturated rings. The average Bonchev–Trinajstić information content (AvgIpc) is 3.25. The van der Waals surface area contributed by atoms with E-state index in [9.17, 15) is 0 Å². The number of hydrogen-bond donors (Lipinski definition) is 0. The zero-order chi connectivity index (χ0) is 19.0. The molecule has 4 atom stereocenters. The molecule has 2 heterocycles. The summed E-state index contributed by atoms with van der Waals surface area (Å²) >= 11 is 0. The Morgan fingerprint density at radius 3 is 2.48 bits per heavy atom. The molecule has 0 N–H and O–H groups in total. The van der Waals surface area contributed by atoms with Crippen molar-refractivity contribution in [3.8, 4) is 11.5 Å². The fraction of sp³-hybridized carbons (Fsp3) is 0.682. The van der Waals surface area contributed by atoms with Crippen LogP contribution in [0.4, 0.5) is 0 Å². The number of methoxy groups -OCH3 is 2. The van der Waals surface area contributed by atoms with Gasteiger partial charge in [0.2, 0.25) is 0 Å². The van der Waals surface area contributed by atoms with Gasteiger partial charge in [0.1, 0.15) is 6.10 Å². The molecule has 27 heavy (non-hydrogen) atoms. The fourth-order valence-corrected chi connectivity index (χ4v) is 6.09. The molecule has 5 heteroatoms. The monoisotopic (exact) mass is 370 g/mol. The first-order valence-corrected chi connectivity index (χ1v) is 10.1. The van der Waals surface area contributed by atoms with Gasteiger partial charge in [0, 0.05) is 18.5 Å². The molecule has 0 spiro atoms. The van der Waals surface area contributed by atoms with Crippen molar-refractivity contribution < 1.29 is 14.2 Å². The Balaban J connectivity index is 1.40. The van der Waals surface area contributed by atoms with Gasteiger partial charge in [-0.15, -0.1) is 0 Å². The average molecular weight is 370 g/mol. The highest BCUT2D eigenvalue weighted by Crippen LogP contribution is 2.68. The van der Waals surface area contributed by atoms with Gasteiger partial charge >= 0.3 is 0 Å². The highest BCUT2D eigenvalue weighted by atomic mass is 16.5. The molecule has 4 aliphatic rings. The number of nitrogens with zero attached hydrogens (tertiary/aromatic N) is 2. The van der Waals surface area contributed by atoms with Crippen LogP contribution < -0.4 is 9.47 Å². The number of aliphatic imine (C=N–C) groups is 1. The minimum atomic E-state index is 0.234. The summed E-state index contributed by atoms with van der Waals surface area (Å²) in [6, 6.07) is 5.41. The number of ether oxygens (including phenoxy) is 3. The SMILES string of the molecule is COc1cc2c(cc1OC)CN(C1=N[C@@H]3[C@H]4CC[C@@](C)([C@@H]3O1)C4(C)C)CC2. The standard InChI is InChI=1S/C22H30N2O3/c1-21(2)15-6-8-22(21,3)19-18(15)23-20(27-19)24-9-7-13-10-16(25-4)17(26-5)11-14(13)12-24/h10-11,15,18-19H,6-9,12H2,1-5H3/t15-,18-,19-,22+/m1/s1. The Morgan fingerprint density at radius 1 is 1.11 bits per heavy atom. The van der Waals surface area contributed by atoms with Crippen molar-refractivity contribution in [3.63, 3.8) is 0 Å². The molecule has 2 bridgehead atoms. The molecular formula is C22H30N2O3. The predicted octanol–water partition coefficient (Wildman–Crippen LogP) is 3.64. The topological polar surface area (TPSA) is 43.3 Å². The molecule has 0 saturated heterocycles. The van der Waals surface area contributed by atoms with Gasteiger partial charge < -0.3 is 19.1 Å². The first-order valence-electron chi connectivity index (χ1n) is 10.1. The quantitative estimate of drug-likeness (QED) is 0.797. The summed E-state index contributed by atoms with van der Waals surface area (Å²) in [7, 11) is 3.38. The van der Waals surface area contributed by atoms with Gasteiger partial charge in [-0.1, -0.05) is 20.8 Å². The van der Waals surface area contributed by atoms with E-state index in [1.807, 2.05) is 0 Å². The first-order chi connectivity index (χ1) is 12.9. The van der Waals surface area contributed by atoms with Crippen LogP contribution >= 0.6 is 0 Å². The summed E-state index contributed by atoms with van der Waals surface area (Å²) in [5.41, 5.74) is 3.15. The van der Waals surface area contributed by atoms with Crippen molar-refractivity contribution >= 4 is 6.02 Å². The second-order valence-corrected chi connectivity index (χ2v) is 9.37. The Labute approximate surface area is 161 Å². The number of hydrogen-bond acceptors (Lipinski definition) is 5. The Bertz CT molecular complexity index is 818. The zero-order valence-corrected chi connectivity index (χ0v) is 17.0. The van der Waals surface area contributed by atoms with Gasteiger partial charge in [0.15, 0.2) is 11.5 Å². The van der Waals surface area contributed by atoms with E-state index in [4.69, 9.17) is 19.2 Å². The molecule has 2 saturated carbocycles. The van der Waals surface area contributed by atoms with Crippen molar-refractivity contribution in [2.75, 3.05) is 20.8 Å². The maximum absolute atomic E-state index is 6.53. The van der Waals surface area contributed by atoms with Gasteiger partial charge in [0.05, 0.1) is 20.3 Å². The van der Waals surface area contributed by atoms with Gasteiger partial charge in [-0.05, 0) is 53.9 Å². The number of amidine groups is 1. The summed E-state index contributed by atoms with van der Waals surface area (Å²) in [5.74, 6) is 2.24. The second-order valence-electron chi connectivity index (χ2n) is 9.37. The summed E-state index contributed by atoms with van der Waals surface area (Å²) in [4.78, 5) is 7.42. The van der Waals surface area contributed by atoms with Gasteiger partial charge in [-0.2, -0.15) is 0 Å². The molecular weight excluding hydrogens is 340 g/mol. The van der Waals surface area contributed by atoms with Gasteiger partial charge in [-0.3, -0.25) is 0 Å². The minimum Gasteiger partial charge on any atom is -0.493 e. The van der Waals surface area contributed by atoms with Crippen LogP contribution in [0.1, 0.15) is 44.7 Å². The van der Waals surface area contributed by atoms with Crippen LogP contribution in [-0.2, 0) is 17.7 Å². The lowest BCUT2D eigenvalue weighted by Gasteiger charge is -2.39. The molecule has 5 rings (SSSR count). The Kier molecular flexibility index (Phi) is 3.54. The van der Waals surface area contributed by atoms with Crippen molar-refractivity contribution in [1.29, 1.82) is 0 Å². The fourth-order valence-electron chi connectivity index (χ4n) is 6.09. The van der Waals surface area contributed by atoms with Crippen LogP contribution in [0.15, 0.2) is 17.1 Å². The summed E-state index contributed by atoms with van der Waals surface area (Å²) < 4.78 is 17.5.